The van der Waals surface area contributed by atoms with Gasteiger partial charge < -0.3 is 5.32 Å². The zero-order valence-electron chi connectivity index (χ0n) is 10.9. The second-order valence-electron chi connectivity index (χ2n) is 4.26. The zero-order chi connectivity index (χ0) is 14.7. The fraction of sp³-hybridized carbons (Fsp3) is 0.0714. The number of amides is 1. The van der Waals surface area contributed by atoms with Crippen molar-refractivity contribution in [3.05, 3.63) is 63.6 Å². The Morgan fingerprint density at radius 1 is 1.29 bits per heavy atom. The molecule has 7 heteroatoms. The maximum Gasteiger partial charge on any atom is 0.273 e. The second kappa shape index (κ2) is 6.07. The van der Waals surface area contributed by atoms with Crippen molar-refractivity contribution in [2.45, 2.75) is 6.54 Å². The van der Waals surface area contributed by atoms with Gasteiger partial charge in [-0.25, -0.2) is 4.68 Å². The fourth-order valence-electron chi connectivity index (χ4n) is 1.79. The van der Waals surface area contributed by atoms with Crippen LogP contribution in [0.1, 0.15) is 15.4 Å². The van der Waals surface area contributed by atoms with Gasteiger partial charge in [-0.2, -0.15) is 0 Å². The molecule has 2 aromatic heterocycles. The monoisotopic (exact) mass is 318 g/mol. The Labute approximate surface area is 130 Å². The van der Waals surface area contributed by atoms with E-state index >= 15 is 0 Å². The van der Waals surface area contributed by atoms with Crippen LogP contribution < -0.4 is 5.32 Å². The van der Waals surface area contributed by atoms with Gasteiger partial charge in [-0.1, -0.05) is 35.0 Å². The molecule has 21 heavy (non-hydrogen) atoms. The van der Waals surface area contributed by atoms with Crippen molar-refractivity contribution in [3.8, 4) is 5.69 Å². The van der Waals surface area contributed by atoms with Crippen LogP contribution in [0, 0.1) is 0 Å². The van der Waals surface area contributed by atoms with Crippen LogP contribution in [0.2, 0.25) is 5.02 Å². The Hall–Kier alpha value is -2.18. The second-order valence-corrected chi connectivity index (χ2v) is 5.70. The van der Waals surface area contributed by atoms with Crippen LogP contribution in [0.25, 0.3) is 5.69 Å². The topological polar surface area (TPSA) is 59.8 Å². The number of carbonyl (C=O) groups is 1. The van der Waals surface area contributed by atoms with E-state index in [4.69, 9.17) is 11.6 Å². The van der Waals surface area contributed by atoms with E-state index in [1.54, 1.807) is 23.6 Å². The summed E-state index contributed by atoms with van der Waals surface area (Å²) in [6.07, 6.45) is 1.56. The zero-order valence-corrected chi connectivity index (χ0v) is 12.4. The molecular weight excluding hydrogens is 308 g/mol. The normalized spacial score (nSPS) is 10.5. The minimum Gasteiger partial charge on any atom is -0.346 e. The summed E-state index contributed by atoms with van der Waals surface area (Å²) in [5, 5.41) is 13.1. The number of nitrogens with zero attached hydrogens (tertiary/aromatic N) is 3. The SMILES string of the molecule is O=C(NCc1cccs1)c1cn(-c2ccccc2Cl)nn1. The summed E-state index contributed by atoms with van der Waals surface area (Å²) >= 11 is 7.68. The van der Waals surface area contributed by atoms with Gasteiger partial charge in [0.1, 0.15) is 0 Å². The molecule has 1 aromatic carbocycles. The first-order valence-corrected chi connectivity index (χ1v) is 7.47. The lowest BCUT2D eigenvalue weighted by Crippen LogP contribution is -2.22. The highest BCUT2D eigenvalue weighted by Gasteiger charge is 2.12. The Morgan fingerprint density at radius 2 is 2.14 bits per heavy atom. The van der Waals surface area contributed by atoms with Crippen LogP contribution in [-0.2, 0) is 6.54 Å². The predicted octanol–water partition coefficient (Wildman–Crippen LogP) is 2.91. The number of aromatic nitrogens is 3. The quantitative estimate of drug-likeness (QED) is 0.804. The number of nitrogens with one attached hydrogen (secondary N) is 1. The molecule has 0 aliphatic carbocycles. The average Bonchev–Trinajstić information content (AvgIpc) is 3.17. The van der Waals surface area contributed by atoms with Gasteiger partial charge in [0.2, 0.25) is 0 Å². The highest BCUT2D eigenvalue weighted by Crippen LogP contribution is 2.18. The maximum absolute atomic E-state index is 12.0. The molecule has 5 nitrogen and oxygen atoms in total. The third-order valence-corrected chi connectivity index (χ3v) is 4.02. The van der Waals surface area contributed by atoms with Gasteiger partial charge in [0, 0.05) is 4.88 Å². The number of rotatable bonds is 4. The van der Waals surface area contributed by atoms with E-state index in [0.29, 0.717) is 17.3 Å². The summed E-state index contributed by atoms with van der Waals surface area (Å²) in [4.78, 5) is 13.1. The van der Waals surface area contributed by atoms with Crippen LogP contribution in [-0.4, -0.2) is 20.9 Å². The number of thiophene rings is 1. The Balaban J connectivity index is 1.73. The third kappa shape index (κ3) is 3.12. The molecule has 0 spiro atoms. The van der Waals surface area contributed by atoms with Crippen molar-refractivity contribution >= 4 is 28.8 Å². The number of halogens is 1. The van der Waals surface area contributed by atoms with E-state index in [1.807, 2.05) is 35.7 Å². The van der Waals surface area contributed by atoms with E-state index in [9.17, 15) is 4.79 Å². The molecule has 0 saturated heterocycles. The summed E-state index contributed by atoms with van der Waals surface area (Å²) in [5.74, 6) is -0.262. The van der Waals surface area contributed by atoms with E-state index in [0.717, 1.165) is 4.88 Å². The lowest BCUT2D eigenvalue weighted by molar-refractivity contribution is 0.0946. The van der Waals surface area contributed by atoms with Gasteiger partial charge in [-0.15, -0.1) is 16.4 Å². The number of hydrogen-bond acceptors (Lipinski definition) is 4. The van der Waals surface area contributed by atoms with Gasteiger partial charge in [-0.05, 0) is 23.6 Å². The molecule has 0 aliphatic rings. The smallest absolute Gasteiger partial charge is 0.273 e. The summed E-state index contributed by atoms with van der Waals surface area (Å²) in [6.45, 7) is 0.482. The first kappa shape index (κ1) is 13.8. The molecule has 1 N–H and O–H groups in total. The lowest BCUT2D eigenvalue weighted by Gasteiger charge is -2.01. The molecule has 0 bridgehead atoms. The van der Waals surface area contributed by atoms with Gasteiger partial charge in [0.25, 0.3) is 5.91 Å². The molecule has 106 valence electrons. The van der Waals surface area contributed by atoms with Gasteiger partial charge in [0.15, 0.2) is 5.69 Å². The molecule has 0 atom stereocenters. The van der Waals surface area contributed by atoms with Crippen molar-refractivity contribution < 1.29 is 4.79 Å². The highest BCUT2D eigenvalue weighted by molar-refractivity contribution is 7.09. The van der Waals surface area contributed by atoms with E-state index in [2.05, 4.69) is 15.6 Å². The standard InChI is InChI=1S/C14H11ClN4OS/c15-11-5-1-2-6-13(11)19-9-12(17-18-19)14(20)16-8-10-4-3-7-21-10/h1-7,9H,8H2,(H,16,20). The van der Waals surface area contributed by atoms with Crippen molar-refractivity contribution in [1.82, 2.24) is 20.3 Å². The van der Waals surface area contributed by atoms with Crippen molar-refractivity contribution in [2.75, 3.05) is 0 Å². The van der Waals surface area contributed by atoms with Crippen LogP contribution in [0.3, 0.4) is 0 Å². The van der Waals surface area contributed by atoms with Crippen molar-refractivity contribution in [1.29, 1.82) is 0 Å². The minimum atomic E-state index is -0.262. The van der Waals surface area contributed by atoms with Gasteiger partial charge in [-0.3, -0.25) is 4.79 Å². The van der Waals surface area contributed by atoms with Crippen LogP contribution in [0.5, 0.6) is 0 Å². The summed E-state index contributed by atoms with van der Waals surface area (Å²) < 4.78 is 1.49. The van der Waals surface area contributed by atoms with E-state index < -0.39 is 0 Å². The number of benzene rings is 1. The molecule has 1 amide bonds. The van der Waals surface area contributed by atoms with Crippen LogP contribution >= 0.6 is 22.9 Å². The van der Waals surface area contributed by atoms with Crippen LogP contribution in [0.4, 0.5) is 0 Å². The Kier molecular flexibility index (Phi) is 3.98. The van der Waals surface area contributed by atoms with Gasteiger partial charge >= 0.3 is 0 Å². The first-order valence-electron chi connectivity index (χ1n) is 6.22. The Morgan fingerprint density at radius 3 is 2.90 bits per heavy atom. The maximum atomic E-state index is 12.0. The van der Waals surface area contributed by atoms with Crippen molar-refractivity contribution in [2.24, 2.45) is 0 Å². The molecule has 0 radical (unpaired) electrons. The fourth-order valence-corrected chi connectivity index (χ4v) is 2.66. The predicted molar refractivity (Wildman–Crippen MR) is 81.9 cm³/mol. The van der Waals surface area contributed by atoms with Crippen molar-refractivity contribution in [3.63, 3.8) is 0 Å². The van der Waals surface area contributed by atoms with Gasteiger partial charge in [0.05, 0.1) is 23.5 Å². The number of carbonyl (C=O) groups excluding carboxylic acids is 1. The molecular formula is C14H11ClN4OS. The molecule has 0 fully saturated rings. The summed E-state index contributed by atoms with van der Waals surface area (Å²) in [7, 11) is 0. The van der Waals surface area contributed by atoms with Crippen LogP contribution in [0.15, 0.2) is 48.0 Å². The Bertz CT molecular complexity index is 754. The minimum absolute atomic E-state index is 0.256. The molecule has 3 aromatic rings. The largest absolute Gasteiger partial charge is 0.346 e. The molecule has 0 aliphatic heterocycles. The summed E-state index contributed by atoms with van der Waals surface area (Å²) in [5.41, 5.74) is 0.940. The van der Waals surface area contributed by atoms with E-state index in [-0.39, 0.29) is 11.6 Å². The van der Waals surface area contributed by atoms with E-state index in [1.165, 1.54) is 4.68 Å². The molecule has 0 saturated carbocycles. The molecule has 3 rings (SSSR count). The first-order chi connectivity index (χ1) is 10.2. The lowest BCUT2D eigenvalue weighted by atomic mass is 10.3. The number of para-hydroxylation sites is 1. The summed E-state index contributed by atoms with van der Waals surface area (Å²) in [6, 6.07) is 11.2. The number of hydrogen-bond donors (Lipinski definition) is 1. The highest BCUT2D eigenvalue weighted by atomic mass is 35.5. The third-order valence-electron chi connectivity index (χ3n) is 2.83. The average molecular weight is 319 g/mol. The molecule has 2 heterocycles. The molecule has 0 unspecified atom stereocenters.